The maximum absolute atomic E-state index is 13.5. The van der Waals surface area contributed by atoms with Crippen LogP contribution in [0.4, 0.5) is 10.1 Å². The molecule has 0 spiro atoms. The molecule has 0 saturated carbocycles. The van der Waals surface area contributed by atoms with Crippen LogP contribution in [0.3, 0.4) is 0 Å². The molecule has 0 aliphatic heterocycles. The van der Waals surface area contributed by atoms with Crippen LogP contribution >= 0.6 is 11.6 Å². The molecular formula is C17H15ClFNO2. The molecule has 1 N–H and O–H groups in total. The van der Waals surface area contributed by atoms with Crippen LogP contribution in [0.25, 0.3) is 0 Å². The number of ketones is 1. The Morgan fingerprint density at radius 2 is 1.77 bits per heavy atom. The molecule has 0 saturated heterocycles. The molecule has 2 rings (SSSR count). The van der Waals surface area contributed by atoms with E-state index in [9.17, 15) is 14.0 Å². The van der Waals surface area contributed by atoms with Gasteiger partial charge < -0.3 is 5.32 Å². The molecule has 0 unspecified atom stereocenters. The topological polar surface area (TPSA) is 46.2 Å². The highest BCUT2D eigenvalue weighted by atomic mass is 35.5. The lowest BCUT2D eigenvalue weighted by Crippen LogP contribution is -2.14. The van der Waals surface area contributed by atoms with Gasteiger partial charge in [0.15, 0.2) is 5.78 Å². The van der Waals surface area contributed by atoms with E-state index in [1.165, 1.54) is 6.07 Å². The molecule has 0 aromatic heterocycles. The van der Waals surface area contributed by atoms with E-state index in [-0.39, 0.29) is 24.3 Å². The molecule has 0 heterocycles. The number of carbonyl (C=O) groups is 2. The molecule has 0 radical (unpaired) electrons. The Labute approximate surface area is 133 Å². The van der Waals surface area contributed by atoms with E-state index in [1.54, 1.807) is 43.3 Å². The number of carbonyl (C=O) groups excluding carboxylic acids is 2. The fourth-order valence-electron chi connectivity index (χ4n) is 1.95. The maximum atomic E-state index is 13.5. The summed E-state index contributed by atoms with van der Waals surface area (Å²) in [5.41, 5.74) is 1.47. The molecule has 1 amide bonds. The van der Waals surface area contributed by atoms with E-state index in [0.717, 1.165) is 5.56 Å². The van der Waals surface area contributed by atoms with Crippen LogP contribution in [0.15, 0.2) is 42.5 Å². The van der Waals surface area contributed by atoms with Crippen LogP contribution in [0.2, 0.25) is 5.02 Å². The minimum atomic E-state index is -0.497. The van der Waals surface area contributed by atoms with Crippen LogP contribution in [0.5, 0.6) is 0 Å². The van der Waals surface area contributed by atoms with Gasteiger partial charge in [0.2, 0.25) is 5.91 Å². The number of hydrogen-bond acceptors (Lipinski definition) is 2. The summed E-state index contributed by atoms with van der Waals surface area (Å²) in [4.78, 5) is 23.8. The molecule has 0 fully saturated rings. The molecule has 2 aromatic carbocycles. The average Bonchev–Trinajstić information content (AvgIpc) is 2.49. The Bertz CT molecular complexity index is 698. The Hall–Kier alpha value is -2.20. The second-order valence-corrected chi connectivity index (χ2v) is 5.40. The fraction of sp³-hybridized carbons (Fsp3) is 0.176. The number of anilines is 1. The van der Waals surface area contributed by atoms with Crippen molar-refractivity contribution in [2.45, 2.75) is 19.8 Å². The molecule has 114 valence electrons. The van der Waals surface area contributed by atoms with Gasteiger partial charge in [0, 0.05) is 23.4 Å². The summed E-state index contributed by atoms with van der Waals surface area (Å²) in [6.07, 6.45) is 0.0513. The number of hydrogen-bond donors (Lipinski definition) is 1. The van der Waals surface area contributed by atoms with Gasteiger partial charge in [-0.2, -0.15) is 0 Å². The number of benzene rings is 2. The SMILES string of the molecule is Cc1ccc(F)c(NC(=O)CCC(=O)c2ccc(Cl)cc2)c1. The van der Waals surface area contributed by atoms with Crippen molar-refractivity contribution in [1.29, 1.82) is 0 Å². The number of amides is 1. The van der Waals surface area contributed by atoms with Crippen LogP contribution in [-0.4, -0.2) is 11.7 Å². The van der Waals surface area contributed by atoms with Crippen LogP contribution < -0.4 is 5.32 Å². The van der Waals surface area contributed by atoms with E-state index < -0.39 is 11.7 Å². The quantitative estimate of drug-likeness (QED) is 0.831. The Morgan fingerprint density at radius 1 is 1.09 bits per heavy atom. The van der Waals surface area contributed by atoms with Gasteiger partial charge in [0.1, 0.15) is 5.82 Å². The zero-order valence-electron chi connectivity index (χ0n) is 12.0. The summed E-state index contributed by atoms with van der Waals surface area (Å²) in [6, 6.07) is 10.9. The molecule has 2 aromatic rings. The third-order valence-electron chi connectivity index (χ3n) is 3.14. The average molecular weight is 320 g/mol. The highest BCUT2D eigenvalue weighted by Crippen LogP contribution is 2.16. The van der Waals surface area contributed by atoms with Gasteiger partial charge in [-0.25, -0.2) is 4.39 Å². The first kappa shape index (κ1) is 16.2. The molecule has 0 atom stereocenters. The molecule has 0 bridgehead atoms. The molecular weight excluding hydrogens is 305 g/mol. The van der Waals surface area contributed by atoms with Crippen LogP contribution in [0, 0.1) is 12.7 Å². The van der Waals surface area contributed by atoms with Crippen molar-refractivity contribution >= 4 is 29.0 Å². The van der Waals surface area contributed by atoms with Crippen molar-refractivity contribution in [3.05, 3.63) is 64.4 Å². The van der Waals surface area contributed by atoms with E-state index in [4.69, 9.17) is 11.6 Å². The van der Waals surface area contributed by atoms with E-state index in [1.807, 2.05) is 0 Å². The first-order valence-electron chi connectivity index (χ1n) is 6.80. The largest absolute Gasteiger partial charge is 0.324 e. The van der Waals surface area contributed by atoms with Crippen LogP contribution in [0.1, 0.15) is 28.8 Å². The van der Waals surface area contributed by atoms with Gasteiger partial charge in [-0.1, -0.05) is 17.7 Å². The third-order valence-corrected chi connectivity index (χ3v) is 3.39. The van der Waals surface area contributed by atoms with E-state index in [2.05, 4.69) is 5.32 Å². The predicted octanol–water partition coefficient (Wildman–Crippen LogP) is 4.39. The number of nitrogens with one attached hydrogen (secondary N) is 1. The summed E-state index contributed by atoms with van der Waals surface area (Å²) < 4.78 is 13.5. The monoisotopic (exact) mass is 319 g/mol. The van der Waals surface area contributed by atoms with Crippen molar-refractivity contribution in [2.75, 3.05) is 5.32 Å². The third kappa shape index (κ3) is 4.40. The molecule has 0 aliphatic rings. The summed E-state index contributed by atoms with van der Waals surface area (Å²) in [5, 5.41) is 3.03. The Balaban J connectivity index is 1.91. The minimum absolute atomic E-state index is 0.00512. The van der Waals surface area contributed by atoms with Crippen molar-refractivity contribution < 1.29 is 14.0 Å². The van der Waals surface area contributed by atoms with E-state index in [0.29, 0.717) is 10.6 Å². The summed E-state index contributed by atoms with van der Waals surface area (Å²) >= 11 is 5.75. The lowest BCUT2D eigenvalue weighted by Gasteiger charge is -2.07. The molecule has 0 aliphatic carbocycles. The summed E-state index contributed by atoms with van der Waals surface area (Å²) in [6.45, 7) is 1.80. The number of rotatable bonds is 5. The summed E-state index contributed by atoms with van der Waals surface area (Å²) in [7, 11) is 0. The zero-order chi connectivity index (χ0) is 16.1. The molecule has 3 nitrogen and oxygen atoms in total. The number of aryl methyl sites for hydroxylation is 1. The zero-order valence-corrected chi connectivity index (χ0v) is 12.8. The second-order valence-electron chi connectivity index (χ2n) is 4.96. The van der Waals surface area contributed by atoms with Crippen molar-refractivity contribution in [1.82, 2.24) is 0 Å². The first-order chi connectivity index (χ1) is 10.5. The number of halogens is 2. The van der Waals surface area contributed by atoms with Gasteiger partial charge in [0.05, 0.1) is 5.69 Å². The smallest absolute Gasteiger partial charge is 0.224 e. The van der Waals surface area contributed by atoms with E-state index >= 15 is 0 Å². The normalized spacial score (nSPS) is 10.3. The van der Waals surface area contributed by atoms with Gasteiger partial charge in [-0.05, 0) is 48.9 Å². The van der Waals surface area contributed by atoms with Gasteiger partial charge in [-0.3, -0.25) is 9.59 Å². The fourth-order valence-corrected chi connectivity index (χ4v) is 2.08. The standard InChI is InChI=1S/C17H15ClFNO2/c1-11-2-7-14(19)15(10-11)20-17(22)9-8-16(21)12-3-5-13(18)6-4-12/h2-7,10H,8-9H2,1H3,(H,20,22). The second kappa shape index (κ2) is 7.18. The highest BCUT2D eigenvalue weighted by molar-refractivity contribution is 6.30. The lowest BCUT2D eigenvalue weighted by molar-refractivity contribution is -0.116. The minimum Gasteiger partial charge on any atom is -0.324 e. The Kier molecular flexibility index (Phi) is 5.28. The van der Waals surface area contributed by atoms with Gasteiger partial charge in [-0.15, -0.1) is 0 Å². The Morgan fingerprint density at radius 3 is 2.45 bits per heavy atom. The highest BCUT2D eigenvalue weighted by Gasteiger charge is 2.11. The first-order valence-corrected chi connectivity index (χ1v) is 7.18. The van der Waals surface area contributed by atoms with Crippen molar-refractivity contribution in [3.63, 3.8) is 0 Å². The lowest BCUT2D eigenvalue weighted by atomic mass is 10.1. The maximum Gasteiger partial charge on any atom is 0.224 e. The molecule has 5 heteroatoms. The van der Waals surface area contributed by atoms with Gasteiger partial charge >= 0.3 is 0 Å². The van der Waals surface area contributed by atoms with Crippen molar-refractivity contribution in [2.24, 2.45) is 0 Å². The molecule has 22 heavy (non-hydrogen) atoms. The van der Waals surface area contributed by atoms with Crippen LogP contribution in [-0.2, 0) is 4.79 Å². The van der Waals surface area contributed by atoms with Gasteiger partial charge in [0.25, 0.3) is 0 Å². The number of Topliss-reactive ketones (excluding diaryl/α,β-unsaturated/α-hetero) is 1. The summed E-state index contributed by atoms with van der Waals surface area (Å²) in [5.74, 6) is -1.05. The van der Waals surface area contributed by atoms with Crippen molar-refractivity contribution in [3.8, 4) is 0 Å². The predicted molar refractivity (Wildman–Crippen MR) is 84.8 cm³/mol.